The van der Waals surface area contributed by atoms with E-state index in [1.807, 2.05) is 42.5 Å². The lowest BCUT2D eigenvalue weighted by Crippen LogP contribution is -2.38. The zero-order valence-corrected chi connectivity index (χ0v) is 17.9. The molecule has 0 saturated carbocycles. The Labute approximate surface area is 179 Å². The van der Waals surface area contributed by atoms with Gasteiger partial charge in [-0.1, -0.05) is 24.3 Å². The Balaban J connectivity index is 1.43. The first kappa shape index (κ1) is 20.1. The molecule has 0 bridgehead atoms. The molecule has 2 heterocycles. The van der Waals surface area contributed by atoms with Gasteiger partial charge in [0.05, 0.1) is 29.8 Å². The fraction of sp³-hybridized carbons (Fsp3) is 0.364. The number of carbonyl (C=O) groups excluding carboxylic acids is 1. The number of carbonyl (C=O) groups is 1. The zero-order valence-electron chi connectivity index (χ0n) is 16.3. The van der Waals surface area contributed by atoms with Crippen LogP contribution in [0, 0.1) is 0 Å². The number of para-hydroxylation sites is 2. The standard InChI is InChI=1S/C22H25BrN4O2/c23-18-6-2-1-5-17(18)22(28)24-10-9-21-25-19-7-3-4-8-20(19)27(21)12-11-26-13-15-29-16-14-26/h1-8H,9-16H2,(H,24,28). The van der Waals surface area contributed by atoms with E-state index in [0.717, 1.165) is 60.7 Å². The largest absolute Gasteiger partial charge is 0.379 e. The van der Waals surface area contributed by atoms with Crippen LogP contribution in [-0.2, 0) is 17.7 Å². The zero-order chi connectivity index (χ0) is 20.1. The number of rotatable bonds is 7. The first-order chi connectivity index (χ1) is 14.2. The Morgan fingerprint density at radius 3 is 2.66 bits per heavy atom. The lowest BCUT2D eigenvalue weighted by molar-refractivity contribution is 0.0364. The number of hydrogen-bond acceptors (Lipinski definition) is 4. The molecule has 0 aliphatic carbocycles. The number of fused-ring (bicyclic) bond motifs is 1. The van der Waals surface area contributed by atoms with Crippen LogP contribution in [0.5, 0.6) is 0 Å². The second-order valence-corrected chi connectivity index (χ2v) is 7.96. The number of nitrogens with zero attached hydrogens (tertiary/aromatic N) is 3. The SMILES string of the molecule is O=C(NCCc1nc2ccccc2n1CCN1CCOCC1)c1ccccc1Br. The predicted octanol–water partition coefficient (Wildman–Crippen LogP) is 3.10. The molecule has 3 aromatic rings. The Morgan fingerprint density at radius 1 is 1.07 bits per heavy atom. The van der Waals surface area contributed by atoms with E-state index in [9.17, 15) is 4.79 Å². The molecule has 1 aliphatic heterocycles. The number of nitrogens with one attached hydrogen (secondary N) is 1. The first-order valence-corrected chi connectivity index (χ1v) is 10.8. The maximum Gasteiger partial charge on any atom is 0.252 e. The number of aromatic nitrogens is 2. The van der Waals surface area contributed by atoms with Crippen molar-refractivity contribution >= 4 is 32.9 Å². The molecule has 0 radical (unpaired) electrons. The van der Waals surface area contributed by atoms with E-state index in [-0.39, 0.29) is 5.91 Å². The number of morpholine rings is 1. The van der Waals surface area contributed by atoms with Crippen LogP contribution >= 0.6 is 15.9 Å². The van der Waals surface area contributed by atoms with Crippen molar-refractivity contribution in [2.75, 3.05) is 39.4 Å². The molecule has 1 fully saturated rings. The third kappa shape index (κ3) is 4.86. The van der Waals surface area contributed by atoms with Gasteiger partial charge in [-0.25, -0.2) is 4.98 Å². The van der Waals surface area contributed by atoms with Gasteiger partial charge in [0.15, 0.2) is 0 Å². The molecule has 1 aliphatic rings. The van der Waals surface area contributed by atoms with Crippen LogP contribution in [0.1, 0.15) is 16.2 Å². The van der Waals surface area contributed by atoms with Gasteiger partial charge >= 0.3 is 0 Å². The Bertz CT molecular complexity index is 982. The number of ether oxygens (including phenoxy) is 1. The maximum absolute atomic E-state index is 12.5. The van der Waals surface area contributed by atoms with Crippen molar-refractivity contribution in [2.45, 2.75) is 13.0 Å². The summed E-state index contributed by atoms with van der Waals surface area (Å²) in [5.74, 6) is 0.931. The molecular weight excluding hydrogens is 432 g/mol. The highest BCUT2D eigenvalue weighted by Gasteiger charge is 2.15. The Morgan fingerprint density at radius 2 is 1.83 bits per heavy atom. The van der Waals surface area contributed by atoms with E-state index >= 15 is 0 Å². The molecular formula is C22H25BrN4O2. The lowest BCUT2D eigenvalue weighted by Gasteiger charge is -2.27. The Kier molecular flexibility index (Phi) is 6.59. The van der Waals surface area contributed by atoms with Crippen molar-refractivity contribution < 1.29 is 9.53 Å². The van der Waals surface area contributed by atoms with Crippen LogP contribution in [0.25, 0.3) is 11.0 Å². The second-order valence-electron chi connectivity index (χ2n) is 7.11. The van der Waals surface area contributed by atoms with Crippen molar-refractivity contribution in [3.05, 3.63) is 64.4 Å². The molecule has 1 aromatic heterocycles. The molecule has 0 spiro atoms. The molecule has 7 heteroatoms. The van der Waals surface area contributed by atoms with Gasteiger partial charge in [-0.05, 0) is 40.2 Å². The normalized spacial score (nSPS) is 14.9. The van der Waals surface area contributed by atoms with E-state index < -0.39 is 0 Å². The fourth-order valence-electron chi connectivity index (χ4n) is 3.66. The highest BCUT2D eigenvalue weighted by atomic mass is 79.9. The summed E-state index contributed by atoms with van der Waals surface area (Å²) in [7, 11) is 0. The summed E-state index contributed by atoms with van der Waals surface area (Å²) in [6, 6.07) is 15.7. The Hall–Kier alpha value is -2.22. The van der Waals surface area contributed by atoms with E-state index in [0.29, 0.717) is 18.5 Å². The summed E-state index contributed by atoms with van der Waals surface area (Å²) in [5, 5.41) is 3.02. The van der Waals surface area contributed by atoms with E-state index in [1.165, 1.54) is 0 Å². The van der Waals surface area contributed by atoms with Gasteiger partial charge in [-0.2, -0.15) is 0 Å². The van der Waals surface area contributed by atoms with Crippen LogP contribution in [0.3, 0.4) is 0 Å². The lowest BCUT2D eigenvalue weighted by atomic mass is 10.2. The van der Waals surface area contributed by atoms with Gasteiger partial charge in [-0.15, -0.1) is 0 Å². The smallest absolute Gasteiger partial charge is 0.252 e. The maximum atomic E-state index is 12.5. The van der Waals surface area contributed by atoms with Gasteiger partial charge in [0.25, 0.3) is 5.91 Å². The van der Waals surface area contributed by atoms with Gasteiger partial charge in [0.1, 0.15) is 5.82 Å². The topological polar surface area (TPSA) is 59.4 Å². The van der Waals surface area contributed by atoms with Crippen molar-refractivity contribution in [3.63, 3.8) is 0 Å². The number of amides is 1. The van der Waals surface area contributed by atoms with Gasteiger partial charge < -0.3 is 14.6 Å². The minimum absolute atomic E-state index is 0.0755. The minimum atomic E-state index is -0.0755. The van der Waals surface area contributed by atoms with Gasteiger partial charge in [0, 0.05) is 43.6 Å². The van der Waals surface area contributed by atoms with Crippen LogP contribution in [-0.4, -0.2) is 59.8 Å². The fourth-order valence-corrected chi connectivity index (χ4v) is 4.13. The summed E-state index contributed by atoms with van der Waals surface area (Å²) in [5.41, 5.74) is 2.79. The molecule has 0 unspecified atom stereocenters. The molecule has 0 atom stereocenters. The minimum Gasteiger partial charge on any atom is -0.379 e. The van der Waals surface area contributed by atoms with Crippen molar-refractivity contribution in [3.8, 4) is 0 Å². The number of hydrogen-bond donors (Lipinski definition) is 1. The van der Waals surface area contributed by atoms with E-state index in [2.05, 4.69) is 36.8 Å². The van der Waals surface area contributed by atoms with Gasteiger partial charge in [-0.3, -0.25) is 9.69 Å². The molecule has 152 valence electrons. The third-order valence-electron chi connectivity index (χ3n) is 5.23. The molecule has 1 saturated heterocycles. The first-order valence-electron chi connectivity index (χ1n) is 9.99. The number of imidazole rings is 1. The van der Waals surface area contributed by atoms with Crippen LogP contribution in [0.2, 0.25) is 0 Å². The van der Waals surface area contributed by atoms with E-state index in [1.54, 1.807) is 0 Å². The number of benzene rings is 2. The van der Waals surface area contributed by atoms with Crippen molar-refractivity contribution in [2.24, 2.45) is 0 Å². The van der Waals surface area contributed by atoms with Crippen molar-refractivity contribution in [1.29, 1.82) is 0 Å². The second kappa shape index (κ2) is 9.52. The summed E-state index contributed by atoms with van der Waals surface area (Å²) in [6.07, 6.45) is 0.688. The van der Waals surface area contributed by atoms with Gasteiger partial charge in [0.2, 0.25) is 0 Å². The molecule has 1 N–H and O–H groups in total. The molecule has 2 aromatic carbocycles. The molecule has 1 amide bonds. The average Bonchev–Trinajstić information content (AvgIpc) is 3.10. The third-order valence-corrected chi connectivity index (χ3v) is 5.92. The van der Waals surface area contributed by atoms with E-state index in [4.69, 9.17) is 9.72 Å². The summed E-state index contributed by atoms with van der Waals surface area (Å²) < 4.78 is 8.53. The molecule has 29 heavy (non-hydrogen) atoms. The quantitative estimate of drug-likeness (QED) is 0.593. The predicted molar refractivity (Wildman–Crippen MR) is 117 cm³/mol. The molecule has 4 rings (SSSR count). The highest BCUT2D eigenvalue weighted by molar-refractivity contribution is 9.10. The number of halogens is 1. The summed E-state index contributed by atoms with van der Waals surface area (Å²) in [4.78, 5) is 19.7. The summed E-state index contributed by atoms with van der Waals surface area (Å²) in [6.45, 7) is 5.96. The van der Waals surface area contributed by atoms with Crippen LogP contribution < -0.4 is 5.32 Å². The van der Waals surface area contributed by atoms with Crippen LogP contribution in [0.15, 0.2) is 53.0 Å². The average molecular weight is 457 g/mol. The van der Waals surface area contributed by atoms with Crippen molar-refractivity contribution in [1.82, 2.24) is 19.8 Å². The monoisotopic (exact) mass is 456 g/mol. The van der Waals surface area contributed by atoms with Crippen LogP contribution in [0.4, 0.5) is 0 Å². The summed E-state index contributed by atoms with van der Waals surface area (Å²) >= 11 is 3.44. The molecule has 6 nitrogen and oxygen atoms in total. The highest BCUT2D eigenvalue weighted by Crippen LogP contribution is 2.18.